The second-order valence-electron chi connectivity index (χ2n) is 2.61. The highest BCUT2D eigenvalue weighted by Crippen LogP contribution is 2.08. The van der Waals surface area contributed by atoms with Gasteiger partial charge in [0.1, 0.15) is 0 Å². The first-order chi connectivity index (χ1) is 5.24. The first-order valence-corrected chi connectivity index (χ1v) is 3.61. The second kappa shape index (κ2) is 3.27. The summed E-state index contributed by atoms with van der Waals surface area (Å²) in [6, 6.07) is 0. The summed E-state index contributed by atoms with van der Waals surface area (Å²) in [6.07, 6.45) is 1.74. The summed E-state index contributed by atoms with van der Waals surface area (Å²) < 4.78 is 0. The maximum atomic E-state index is 4.03. The Balaban J connectivity index is 2.83. The Morgan fingerprint density at radius 3 is 2.45 bits per heavy atom. The minimum absolute atomic E-state index is 0.390. The summed E-state index contributed by atoms with van der Waals surface area (Å²) in [7, 11) is 1.77. The Morgan fingerprint density at radius 2 is 2.09 bits per heavy atom. The van der Waals surface area contributed by atoms with Crippen LogP contribution in [0.4, 0.5) is 5.95 Å². The Bertz CT molecular complexity index is 216. The molecule has 0 spiro atoms. The van der Waals surface area contributed by atoms with Crippen LogP contribution in [0.1, 0.15) is 25.5 Å². The van der Waals surface area contributed by atoms with Crippen molar-refractivity contribution in [3.63, 3.8) is 0 Å². The van der Waals surface area contributed by atoms with Crippen LogP contribution in [0, 0.1) is 0 Å². The molecule has 0 fully saturated rings. The number of nitrogens with zero attached hydrogens (tertiary/aromatic N) is 3. The Kier molecular flexibility index (Phi) is 2.36. The van der Waals surface area contributed by atoms with Crippen LogP contribution in [-0.2, 0) is 0 Å². The van der Waals surface area contributed by atoms with E-state index >= 15 is 0 Å². The van der Waals surface area contributed by atoms with Crippen molar-refractivity contribution >= 4 is 5.95 Å². The predicted octanol–water partition coefficient (Wildman–Crippen LogP) is 1.04. The lowest BCUT2D eigenvalue weighted by atomic mass is 10.2. The number of anilines is 1. The van der Waals surface area contributed by atoms with Crippen molar-refractivity contribution in [3.05, 3.63) is 11.9 Å². The zero-order chi connectivity index (χ0) is 8.27. The predicted molar refractivity (Wildman–Crippen MR) is 43.5 cm³/mol. The molecular formula is C7H12N4. The van der Waals surface area contributed by atoms with Gasteiger partial charge < -0.3 is 5.32 Å². The summed E-state index contributed by atoms with van der Waals surface area (Å²) in [5.41, 5.74) is 0.920. The van der Waals surface area contributed by atoms with E-state index in [1.54, 1.807) is 13.2 Å². The van der Waals surface area contributed by atoms with Crippen LogP contribution in [0.25, 0.3) is 0 Å². The molecule has 0 bridgehead atoms. The van der Waals surface area contributed by atoms with Crippen LogP contribution in [0.15, 0.2) is 6.20 Å². The molecule has 1 heterocycles. The lowest BCUT2D eigenvalue weighted by molar-refractivity contribution is 0.770. The molecular weight excluding hydrogens is 140 g/mol. The maximum Gasteiger partial charge on any atom is 0.242 e. The van der Waals surface area contributed by atoms with Gasteiger partial charge in [0.2, 0.25) is 5.95 Å². The van der Waals surface area contributed by atoms with E-state index in [9.17, 15) is 0 Å². The molecule has 0 aliphatic heterocycles. The molecule has 0 unspecified atom stereocenters. The third kappa shape index (κ3) is 1.86. The average Bonchev–Trinajstić information content (AvgIpc) is 2.05. The third-order valence-corrected chi connectivity index (χ3v) is 1.39. The fourth-order valence-corrected chi connectivity index (χ4v) is 0.663. The molecule has 11 heavy (non-hydrogen) atoms. The van der Waals surface area contributed by atoms with Gasteiger partial charge in [-0.15, -0.1) is 5.10 Å². The summed E-state index contributed by atoms with van der Waals surface area (Å²) in [5.74, 6) is 0.954. The molecule has 0 aliphatic carbocycles. The molecule has 0 saturated carbocycles. The fraction of sp³-hybridized carbons (Fsp3) is 0.571. The van der Waals surface area contributed by atoms with Gasteiger partial charge in [0.05, 0.1) is 11.9 Å². The van der Waals surface area contributed by atoms with Crippen molar-refractivity contribution in [3.8, 4) is 0 Å². The highest BCUT2D eigenvalue weighted by molar-refractivity contribution is 5.19. The number of nitrogens with one attached hydrogen (secondary N) is 1. The van der Waals surface area contributed by atoms with Crippen LogP contribution in [0.3, 0.4) is 0 Å². The molecule has 0 saturated heterocycles. The molecule has 0 aliphatic rings. The van der Waals surface area contributed by atoms with Gasteiger partial charge in [-0.05, 0) is 5.92 Å². The summed E-state index contributed by atoms with van der Waals surface area (Å²) in [4.78, 5) is 4.03. The van der Waals surface area contributed by atoms with E-state index in [0.29, 0.717) is 11.9 Å². The van der Waals surface area contributed by atoms with Crippen LogP contribution >= 0.6 is 0 Å². The van der Waals surface area contributed by atoms with E-state index in [1.165, 1.54) is 0 Å². The van der Waals surface area contributed by atoms with E-state index in [1.807, 2.05) is 0 Å². The smallest absolute Gasteiger partial charge is 0.242 e. The van der Waals surface area contributed by atoms with E-state index in [0.717, 1.165) is 5.69 Å². The molecule has 0 aromatic carbocycles. The molecule has 0 amide bonds. The van der Waals surface area contributed by atoms with Crippen molar-refractivity contribution in [1.29, 1.82) is 0 Å². The SMILES string of the molecule is CNc1ncc(C(C)C)nn1. The van der Waals surface area contributed by atoms with Crippen LogP contribution in [0.5, 0.6) is 0 Å². The normalized spacial score (nSPS) is 10.2. The first-order valence-electron chi connectivity index (χ1n) is 3.61. The largest absolute Gasteiger partial charge is 0.356 e. The summed E-state index contributed by atoms with van der Waals surface area (Å²) in [6.45, 7) is 4.12. The molecule has 1 aromatic rings. The zero-order valence-electron chi connectivity index (χ0n) is 7.00. The number of hydrogen-bond acceptors (Lipinski definition) is 4. The van der Waals surface area contributed by atoms with Gasteiger partial charge in [-0.1, -0.05) is 13.8 Å². The first kappa shape index (κ1) is 7.91. The van der Waals surface area contributed by atoms with Gasteiger partial charge in [-0.3, -0.25) is 0 Å². The second-order valence-corrected chi connectivity index (χ2v) is 2.61. The van der Waals surface area contributed by atoms with Crippen molar-refractivity contribution in [2.75, 3.05) is 12.4 Å². The van der Waals surface area contributed by atoms with Gasteiger partial charge in [-0.25, -0.2) is 4.98 Å². The Hall–Kier alpha value is -1.19. The molecule has 0 radical (unpaired) electrons. The van der Waals surface area contributed by atoms with E-state index in [-0.39, 0.29) is 0 Å². The lowest BCUT2D eigenvalue weighted by Crippen LogP contribution is -2.01. The number of rotatable bonds is 2. The minimum atomic E-state index is 0.390. The maximum absolute atomic E-state index is 4.03. The Morgan fingerprint density at radius 1 is 1.36 bits per heavy atom. The monoisotopic (exact) mass is 152 g/mol. The van der Waals surface area contributed by atoms with Crippen molar-refractivity contribution in [2.45, 2.75) is 19.8 Å². The Labute approximate surface area is 66.1 Å². The lowest BCUT2D eigenvalue weighted by Gasteiger charge is -2.01. The van der Waals surface area contributed by atoms with Crippen molar-refractivity contribution in [2.24, 2.45) is 0 Å². The van der Waals surface area contributed by atoms with Crippen LogP contribution < -0.4 is 5.32 Å². The van der Waals surface area contributed by atoms with Gasteiger partial charge in [0, 0.05) is 7.05 Å². The molecule has 0 atom stereocenters. The topological polar surface area (TPSA) is 50.7 Å². The summed E-state index contributed by atoms with van der Waals surface area (Å²) >= 11 is 0. The minimum Gasteiger partial charge on any atom is -0.356 e. The molecule has 1 rings (SSSR count). The summed E-state index contributed by atoms with van der Waals surface area (Å²) in [5, 5.41) is 10.6. The van der Waals surface area contributed by atoms with Crippen LogP contribution in [-0.4, -0.2) is 22.2 Å². The molecule has 60 valence electrons. The number of hydrogen-bond donors (Lipinski definition) is 1. The highest BCUT2D eigenvalue weighted by atomic mass is 15.2. The number of aromatic nitrogens is 3. The van der Waals surface area contributed by atoms with Gasteiger partial charge >= 0.3 is 0 Å². The van der Waals surface area contributed by atoms with Crippen LogP contribution in [0.2, 0.25) is 0 Å². The van der Waals surface area contributed by atoms with E-state index < -0.39 is 0 Å². The third-order valence-electron chi connectivity index (χ3n) is 1.39. The van der Waals surface area contributed by atoms with Crippen molar-refractivity contribution < 1.29 is 0 Å². The van der Waals surface area contributed by atoms with E-state index in [4.69, 9.17) is 0 Å². The fourth-order valence-electron chi connectivity index (χ4n) is 0.663. The molecule has 1 aromatic heterocycles. The zero-order valence-corrected chi connectivity index (χ0v) is 7.00. The van der Waals surface area contributed by atoms with Gasteiger partial charge in [0.15, 0.2) is 0 Å². The van der Waals surface area contributed by atoms with Gasteiger partial charge in [0.25, 0.3) is 0 Å². The van der Waals surface area contributed by atoms with Crippen molar-refractivity contribution in [1.82, 2.24) is 15.2 Å². The quantitative estimate of drug-likeness (QED) is 0.687. The molecule has 4 nitrogen and oxygen atoms in total. The molecule has 1 N–H and O–H groups in total. The van der Waals surface area contributed by atoms with E-state index in [2.05, 4.69) is 34.3 Å². The average molecular weight is 152 g/mol. The van der Waals surface area contributed by atoms with Gasteiger partial charge in [-0.2, -0.15) is 5.10 Å². The highest BCUT2D eigenvalue weighted by Gasteiger charge is 2.00. The standard InChI is InChI=1S/C7H12N4/c1-5(2)6-4-9-7(8-3)11-10-6/h4-5H,1-3H3,(H,8,9,11). The molecule has 4 heteroatoms.